The molecule has 1 saturated heterocycles. The van der Waals surface area contributed by atoms with Gasteiger partial charge in [0.2, 0.25) is 0 Å². The molecule has 0 aromatic carbocycles. The Kier molecular flexibility index (Phi) is 1.61. The molecule has 2 atom stereocenters. The summed E-state index contributed by atoms with van der Waals surface area (Å²) >= 11 is 0. The quantitative estimate of drug-likeness (QED) is 0.365. The number of esters is 1. The molecule has 0 aromatic heterocycles. The number of amides is 1. The van der Waals surface area contributed by atoms with Crippen LogP contribution in [0.5, 0.6) is 0 Å². The highest BCUT2D eigenvalue weighted by Gasteiger charge is 2.29. The Bertz CT molecular complexity index is 158. The van der Waals surface area contributed by atoms with E-state index in [1.165, 1.54) is 0 Å². The molecule has 0 spiro atoms. The minimum absolute atomic E-state index is 0.0785. The third-order valence-corrected chi connectivity index (χ3v) is 1.54. The number of ether oxygens (including phenoxy) is 1. The van der Waals surface area contributed by atoms with Crippen LogP contribution in [0, 0.1) is 0 Å². The Labute approximate surface area is 58.5 Å². The number of hydrogen-bond acceptors (Lipinski definition) is 3. The summed E-state index contributed by atoms with van der Waals surface area (Å²) in [7, 11) is 0. The third-order valence-electron chi connectivity index (χ3n) is 1.54. The summed E-state index contributed by atoms with van der Waals surface area (Å²) in [6, 6.07) is -0.0785. The average molecular weight is 143 g/mol. The molecule has 0 bridgehead atoms. The highest BCUT2D eigenvalue weighted by Crippen LogP contribution is 2.03. The summed E-state index contributed by atoms with van der Waals surface area (Å²) in [6.07, 6.45) is -0.217. The van der Waals surface area contributed by atoms with Gasteiger partial charge in [0.15, 0.2) is 0 Å². The van der Waals surface area contributed by atoms with Crippen molar-refractivity contribution in [3.63, 3.8) is 0 Å². The first-order valence-electron chi connectivity index (χ1n) is 3.12. The lowest BCUT2D eigenvalue weighted by Crippen LogP contribution is -2.51. The van der Waals surface area contributed by atoms with E-state index in [2.05, 4.69) is 10.1 Å². The maximum atomic E-state index is 10.6. The van der Waals surface area contributed by atoms with E-state index in [4.69, 9.17) is 0 Å². The molecule has 4 heteroatoms. The van der Waals surface area contributed by atoms with Gasteiger partial charge in [-0.15, -0.1) is 0 Å². The summed E-state index contributed by atoms with van der Waals surface area (Å²) < 4.78 is 4.66. The fourth-order valence-corrected chi connectivity index (χ4v) is 0.707. The fourth-order valence-electron chi connectivity index (χ4n) is 0.707. The monoisotopic (exact) mass is 143 g/mol. The van der Waals surface area contributed by atoms with Gasteiger partial charge in [0, 0.05) is 0 Å². The van der Waals surface area contributed by atoms with Crippen molar-refractivity contribution in [1.82, 2.24) is 5.32 Å². The molecule has 10 heavy (non-hydrogen) atoms. The van der Waals surface area contributed by atoms with Crippen LogP contribution in [0.25, 0.3) is 0 Å². The van der Waals surface area contributed by atoms with E-state index >= 15 is 0 Å². The third kappa shape index (κ3) is 1.10. The van der Waals surface area contributed by atoms with Gasteiger partial charge in [-0.25, -0.2) is 4.79 Å². The van der Waals surface area contributed by atoms with E-state index in [-0.39, 0.29) is 12.1 Å². The van der Waals surface area contributed by atoms with Crippen LogP contribution in [0.3, 0.4) is 0 Å². The predicted octanol–water partition coefficient (Wildman–Crippen LogP) is -0.564. The van der Waals surface area contributed by atoms with Gasteiger partial charge in [0.1, 0.15) is 6.10 Å². The molecule has 1 heterocycles. The van der Waals surface area contributed by atoms with Crippen LogP contribution in [-0.4, -0.2) is 24.0 Å². The minimum Gasteiger partial charge on any atom is -0.453 e. The Morgan fingerprint density at radius 3 is 2.50 bits per heavy atom. The Balaban J connectivity index is 2.63. The molecule has 0 aliphatic carbocycles. The van der Waals surface area contributed by atoms with E-state index in [0.29, 0.717) is 0 Å². The molecule has 1 aliphatic heterocycles. The standard InChI is InChI=1S/C6H9NO3/c1-3-4(2)10-6(9)5(8)7-3/h3-4H,1-2H3,(H,7,8)/t3-,4-/m0/s1. The van der Waals surface area contributed by atoms with Crippen molar-refractivity contribution in [1.29, 1.82) is 0 Å². The van der Waals surface area contributed by atoms with Crippen LogP contribution in [0.15, 0.2) is 0 Å². The van der Waals surface area contributed by atoms with Crippen molar-refractivity contribution in [3.05, 3.63) is 0 Å². The highest BCUT2D eigenvalue weighted by atomic mass is 16.6. The molecular weight excluding hydrogens is 134 g/mol. The van der Waals surface area contributed by atoms with Crippen molar-refractivity contribution < 1.29 is 14.3 Å². The van der Waals surface area contributed by atoms with Crippen molar-refractivity contribution in [2.75, 3.05) is 0 Å². The molecule has 4 nitrogen and oxygen atoms in total. The van der Waals surface area contributed by atoms with Gasteiger partial charge in [-0.2, -0.15) is 0 Å². The number of carbonyl (C=O) groups is 2. The number of cyclic esters (lactones) is 1. The zero-order chi connectivity index (χ0) is 7.72. The van der Waals surface area contributed by atoms with Crippen molar-refractivity contribution in [3.8, 4) is 0 Å². The number of rotatable bonds is 0. The zero-order valence-corrected chi connectivity index (χ0v) is 5.88. The maximum Gasteiger partial charge on any atom is 0.397 e. The van der Waals surface area contributed by atoms with Crippen LogP contribution in [0.4, 0.5) is 0 Å². The Hall–Kier alpha value is -1.06. The SMILES string of the molecule is C[C@@H]1NC(=O)C(=O)O[C@H]1C. The van der Waals surface area contributed by atoms with Crippen LogP contribution >= 0.6 is 0 Å². The zero-order valence-electron chi connectivity index (χ0n) is 5.88. The summed E-state index contributed by atoms with van der Waals surface area (Å²) in [5.74, 6) is -1.43. The number of carbonyl (C=O) groups excluding carboxylic acids is 2. The summed E-state index contributed by atoms with van der Waals surface area (Å²) in [5, 5.41) is 2.47. The van der Waals surface area contributed by atoms with Gasteiger partial charge in [-0.3, -0.25) is 4.79 Å². The second-order valence-electron chi connectivity index (χ2n) is 2.37. The molecule has 0 saturated carbocycles. The summed E-state index contributed by atoms with van der Waals surface area (Å²) in [5.41, 5.74) is 0. The smallest absolute Gasteiger partial charge is 0.397 e. The molecule has 1 N–H and O–H groups in total. The van der Waals surface area contributed by atoms with E-state index in [1.807, 2.05) is 0 Å². The average Bonchev–Trinajstić information content (AvgIpc) is 1.84. The fraction of sp³-hybridized carbons (Fsp3) is 0.667. The second-order valence-corrected chi connectivity index (χ2v) is 2.37. The van der Waals surface area contributed by atoms with E-state index in [0.717, 1.165) is 0 Å². The van der Waals surface area contributed by atoms with Gasteiger partial charge < -0.3 is 10.1 Å². The molecule has 56 valence electrons. The molecular formula is C6H9NO3. The lowest BCUT2D eigenvalue weighted by atomic mass is 10.2. The van der Waals surface area contributed by atoms with Crippen LogP contribution in [-0.2, 0) is 14.3 Å². The van der Waals surface area contributed by atoms with E-state index in [9.17, 15) is 9.59 Å². The normalized spacial score (nSPS) is 33.0. The van der Waals surface area contributed by atoms with Crippen LogP contribution < -0.4 is 5.32 Å². The van der Waals surface area contributed by atoms with Crippen LogP contribution in [0.1, 0.15) is 13.8 Å². The molecule has 1 aliphatic rings. The molecule has 1 rings (SSSR count). The molecule has 0 unspecified atom stereocenters. The first-order valence-corrected chi connectivity index (χ1v) is 3.12. The molecule has 1 fully saturated rings. The van der Waals surface area contributed by atoms with Gasteiger partial charge in [-0.05, 0) is 13.8 Å². The summed E-state index contributed by atoms with van der Waals surface area (Å²) in [4.78, 5) is 21.1. The van der Waals surface area contributed by atoms with Gasteiger partial charge in [0.25, 0.3) is 0 Å². The van der Waals surface area contributed by atoms with Gasteiger partial charge >= 0.3 is 11.9 Å². The summed E-state index contributed by atoms with van der Waals surface area (Å²) in [6.45, 7) is 3.52. The molecule has 1 amide bonds. The number of nitrogens with one attached hydrogen (secondary N) is 1. The van der Waals surface area contributed by atoms with Crippen molar-refractivity contribution >= 4 is 11.9 Å². The maximum absolute atomic E-state index is 10.6. The number of hydrogen-bond donors (Lipinski definition) is 1. The Morgan fingerprint density at radius 1 is 1.40 bits per heavy atom. The van der Waals surface area contributed by atoms with Gasteiger partial charge in [-0.1, -0.05) is 0 Å². The first kappa shape index (κ1) is 7.05. The predicted molar refractivity (Wildman–Crippen MR) is 33.2 cm³/mol. The number of morpholine rings is 1. The van der Waals surface area contributed by atoms with Crippen molar-refractivity contribution in [2.45, 2.75) is 26.0 Å². The topological polar surface area (TPSA) is 55.4 Å². The van der Waals surface area contributed by atoms with Crippen LogP contribution in [0.2, 0.25) is 0 Å². The largest absolute Gasteiger partial charge is 0.453 e. The second kappa shape index (κ2) is 2.28. The molecule has 0 radical (unpaired) electrons. The lowest BCUT2D eigenvalue weighted by molar-refractivity contribution is -0.165. The first-order chi connectivity index (χ1) is 4.61. The van der Waals surface area contributed by atoms with E-state index < -0.39 is 11.9 Å². The minimum atomic E-state index is -0.786. The van der Waals surface area contributed by atoms with Gasteiger partial charge in [0.05, 0.1) is 6.04 Å². The molecule has 0 aromatic rings. The highest BCUT2D eigenvalue weighted by molar-refractivity contribution is 6.33. The van der Waals surface area contributed by atoms with E-state index in [1.54, 1.807) is 13.8 Å². The van der Waals surface area contributed by atoms with Crippen molar-refractivity contribution in [2.24, 2.45) is 0 Å². The Morgan fingerprint density at radius 2 is 2.00 bits per heavy atom. The lowest BCUT2D eigenvalue weighted by Gasteiger charge is -2.25.